The van der Waals surface area contributed by atoms with Crippen molar-refractivity contribution in [1.29, 1.82) is 5.26 Å². The van der Waals surface area contributed by atoms with Crippen molar-refractivity contribution >= 4 is 0 Å². The van der Waals surface area contributed by atoms with Crippen LogP contribution in [0.4, 0.5) is 0 Å². The van der Waals surface area contributed by atoms with Gasteiger partial charge in [0.15, 0.2) is 0 Å². The Labute approximate surface area is 88.5 Å². The van der Waals surface area contributed by atoms with Gasteiger partial charge in [-0.15, -0.1) is 0 Å². The molecule has 0 radical (unpaired) electrons. The highest BCUT2D eigenvalue weighted by Crippen LogP contribution is 2.42. The maximum atomic E-state index is 9.28. The Kier molecular flexibility index (Phi) is 4.45. The van der Waals surface area contributed by atoms with Crippen LogP contribution in [0.5, 0.6) is 0 Å². The van der Waals surface area contributed by atoms with Gasteiger partial charge < -0.3 is 0 Å². The maximum Gasteiger partial charge on any atom is 0.0689 e. The summed E-state index contributed by atoms with van der Waals surface area (Å²) in [6, 6.07) is 2.60. The van der Waals surface area contributed by atoms with Gasteiger partial charge in [-0.2, -0.15) is 5.26 Å². The summed E-state index contributed by atoms with van der Waals surface area (Å²) in [6.45, 7) is 4.54. The molecule has 0 saturated heterocycles. The molecule has 1 fully saturated rings. The second kappa shape index (κ2) is 5.39. The number of unbranched alkanes of at least 4 members (excludes halogenated alkanes) is 2. The first kappa shape index (κ1) is 11.6. The lowest BCUT2D eigenvalue weighted by Gasteiger charge is -2.33. The molecule has 0 heterocycles. The van der Waals surface area contributed by atoms with Gasteiger partial charge in [0.2, 0.25) is 0 Å². The third kappa shape index (κ3) is 3.01. The first-order chi connectivity index (χ1) is 6.72. The molecular formula is C13H23N. The molecule has 1 heteroatoms. The van der Waals surface area contributed by atoms with E-state index in [9.17, 15) is 5.26 Å². The molecule has 80 valence electrons. The number of nitrogens with zero attached hydrogens (tertiary/aromatic N) is 1. The van der Waals surface area contributed by atoms with Crippen molar-refractivity contribution in [2.75, 3.05) is 0 Å². The van der Waals surface area contributed by atoms with Gasteiger partial charge in [0.05, 0.1) is 11.5 Å². The lowest BCUT2D eigenvalue weighted by atomic mass is 9.69. The summed E-state index contributed by atoms with van der Waals surface area (Å²) in [5, 5.41) is 9.28. The van der Waals surface area contributed by atoms with E-state index >= 15 is 0 Å². The average molecular weight is 193 g/mol. The van der Waals surface area contributed by atoms with Gasteiger partial charge in [-0.25, -0.2) is 0 Å². The smallest absolute Gasteiger partial charge is 0.0689 e. The molecule has 0 aromatic heterocycles. The number of nitriles is 1. The molecule has 1 rings (SSSR count). The van der Waals surface area contributed by atoms with E-state index in [1.54, 1.807) is 0 Å². The monoisotopic (exact) mass is 193 g/mol. The molecular weight excluding hydrogens is 170 g/mol. The minimum Gasteiger partial charge on any atom is -0.198 e. The van der Waals surface area contributed by atoms with Gasteiger partial charge in [0.25, 0.3) is 0 Å². The van der Waals surface area contributed by atoms with Crippen molar-refractivity contribution in [3.8, 4) is 6.07 Å². The second-order valence-electron chi connectivity index (χ2n) is 5.03. The van der Waals surface area contributed by atoms with E-state index in [1.807, 2.05) is 0 Å². The summed E-state index contributed by atoms with van der Waals surface area (Å²) in [4.78, 5) is 0. The van der Waals surface area contributed by atoms with Gasteiger partial charge in [0, 0.05) is 0 Å². The summed E-state index contributed by atoms with van der Waals surface area (Å²) < 4.78 is 0. The summed E-state index contributed by atoms with van der Waals surface area (Å²) in [7, 11) is 0. The van der Waals surface area contributed by atoms with E-state index in [0.29, 0.717) is 0 Å². The average Bonchev–Trinajstić information content (AvgIpc) is 2.22. The Hall–Kier alpha value is -0.510. The van der Waals surface area contributed by atoms with Crippen LogP contribution in [-0.2, 0) is 0 Å². The predicted molar refractivity (Wildman–Crippen MR) is 59.8 cm³/mol. The third-order valence-corrected chi connectivity index (χ3v) is 3.73. The number of rotatable bonds is 4. The Morgan fingerprint density at radius 1 is 1.29 bits per heavy atom. The van der Waals surface area contributed by atoms with Gasteiger partial charge >= 0.3 is 0 Å². The Morgan fingerprint density at radius 3 is 2.43 bits per heavy atom. The van der Waals surface area contributed by atoms with Crippen molar-refractivity contribution in [3.63, 3.8) is 0 Å². The van der Waals surface area contributed by atoms with Gasteiger partial charge in [-0.3, -0.25) is 0 Å². The van der Waals surface area contributed by atoms with Crippen molar-refractivity contribution in [1.82, 2.24) is 0 Å². The molecule has 0 bridgehead atoms. The van der Waals surface area contributed by atoms with Crippen molar-refractivity contribution in [2.24, 2.45) is 11.3 Å². The molecule has 1 aliphatic carbocycles. The molecule has 0 amide bonds. The molecule has 0 atom stereocenters. The Morgan fingerprint density at radius 2 is 1.93 bits per heavy atom. The van der Waals surface area contributed by atoms with Crippen LogP contribution < -0.4 is 0 Å². The van der Waals surface area contributed by atoms with E-state index in [-0.39, 0.29) is 5.41 Å². The number of hydrogen-bond acceptors (Lipinski definition) is 1. The fraction of sp³-hybridized carbons (Fsp3) is 0.923. The van der Waals surface area contributed by atoms with Crippen LogP contribution in [-0.4, -0.2) is 0 Å². The highest BCUT2D eigenvalue weighted by Gasteiger charge is 2.33. The SMILES string of the molecule is CCCCCC1(C#N)CCC(C)CC1. The van der Waals surface area contributed by atoms with E-state index < -0.39 is 0 Å². The van der Waals surface area contributed by atoms with Gasteiger partial charge in [-0.1, -0.05) is 33.1 Å². The lowest BCUT2D eigenvalue weighted by Crippen LogP contribution is -2.25. The highest BCUT2D eigenvalue weighted by molar-refractivity contribution is 5.00. The second-order valence-corrected chi connectivity index (χ2v) is 5.03. The van der Waals surface area contributed by atoms with Gasteiger partial charge in [-0.05, 0) is 38.0 Å². The summed E-state index contributed by atoms with van der Waals surface area (Å²) in [6.07, 6.45) is 9.77. The molecule has 0 N–H and O–H groups in total. The van der Waals surface area contributed by atoms with Crippen LogP contribution in [0.25, 0.3) is 0 Å². The van der Waals surface area contributed by atoms with Crippen LogP contribution in [0, 0.1) is 22.7 Å². The van der Waals surface area contributed by atoms with Crippen LogP contribution in [0.3, 0.4) is 0 Å². The summed E-state index contributed by atoms with van der Waals surface area (Å²) in [5.41, 5.74) is 0.0572. The molecule has 1 saturated carbocycles. The van der Waals surface area contributed by atoms with Gasteiger partial charge in [0.1, 0.15) is 0 Å². The zero-order valence-corrected chi connectivity index (χ0v) is 9.68. The summed E-state index contributed by atoms with van der Waals surface area (Å²) in [5.74, 6) is 0.850. The Balaban J connectivity index is 2.39. The largest absolute Gasteiger partial charge is 0.198 e. The first-order valence-corrected chi connectivity index (χ1v) is 6.14. The van der Waals surface area contributed by atoms with Crippen LogP contribution in [0.15, 0.2) is 0 Å². The minimum absolute atomic E-state index is 0.0572. The molecule has 0 spiro atoms. The van der Waals surface area contributed by atoms with Crippen LogP contribution in [0.2, 0.25) is 0 Å². The molecule has 1 aliphatic rings. The standard InChI is InChI=1S/C13H23N/c1-3-4-5-8-13(11-14)9-6-12(2)7-10-13/h12H,3-10H2,1-2H3. The normalized spacial score (nSPS) is 32.5. The fourth-order valence-electron chi connectivity index (χ4n) is 2.45. The Bertz CT molecular complexity index is 194. The van der Waals surface area contributed by atoms with Crippen LogP contribution >= 0.6 is 0 Å². The maximum absolute atomic E-state index is 9.28. The summed E-state index contributed by atoms with van der Waals surface area (Å²) >= 11 is 0. The van der Waals surface area contributed by atoms with Crippen molar-refractivity contribution in [3.05, 3.63) is 0 Å². The highest BCUT2D eigenvalue weighted by atomic mass is 14.4. The van der Waals surface area contributed by atoms with Crippen LogP contribution in [0.1, 0.15) is 65.2 Å². The molecule has 14 heavy (non-hydrogen) atoms. The molecule has 0 unspecified atom stereocenters. The fourth-order valence-corrected chi connectivity index (χ4v) is 2.45. The van der Waals surface area contributed by atoms with E-state index in [2.05, 4.69) is 19.9 Å². The van der Waals surface area contributed by atoms with Crippen molar-refractivity contribution < 1.29 is 0 Å². The molecule has 0 aromatic rings. The topological polar surface area (TPSA) is 23.8 Å². The van der Waals surface area contributed by atoms with Crippen molar-refractivity contribution in [2.45, 2.75) is 65.2 Å². The minimum atomic E-state index is 0.0572. The predicted octanol–water partition coefficient (Wildman–Crippen LogP) is 4.29. The zero-order chi connectivity index (χ0) is 10.4. The first-order valence-electron chi connectivity index (χ1n) is 6.14. The quantitative estimate of drug-likeness (QED) is 0.611. The third-order valence-electron chi connectivity index (χ3n) is 3.73. The zero-order valence-electron chi connectivity index (χ0n) is 9.68. The van der Waals surface area contributed by atoms with E-state index in [4.69, 9.17) is 0 Å². The van der Waals surface area contributed by atoms with E-state index in [1.165, 1.54) is 32.1 Å². The molecule has 0 aliphatic heterocycles. The lowest BCUT2D eigenvalue weighted by molar-refractivity contribution is 0.201. The molecule has 1 nitrogen and oxygen atoms in total. The number of hydrogen-bond donors (Lipinski definition) is 0. The van der Waals surface area contributed by atoms with E-state index in [0.717, 1.165) is 25.2 Å². The molecule has 0 aromatic carbocycles.